The van der Waals surface area contributed by atoms with Crippen LogP contribution in [0.25, 0.3) is 0 Å². The van der Waals surface area contributed by atoms with E-state index in [0.29, 0.717) is 6.42 Å². The van der Waals surface area contributed by atoms with Crippen LogP contribution < -0.4 is 0 Å². The Hall–Kier alpha value is -0.953. The second kappa shape index (κ2) is 6.04. The van der Waals surface area contributed by atoms with Crippen LogP contribution in [0.1, 0.15) is 34.1 Å². The van der Waals surface area contributed by atoms with Crippen molar-refractivity contribution in [2.45, 2.75) is 58.0 Å². The van der Waals surface area contributed by atoms with E-state index < -0.39 is 37.9 Å². The number of carbonyl (C=O) groups is 1. The molecule has 0 spiro atoms. The second-order valence-corrected chi connectivity index (χ2v) is 12.0. The molecule has 0 radical (unpaired) electrons. The largest absolute Gasteiger partial charge is 0.511 e. The zero-order valence-electron chi connectivity index (χ0n) is 13.5. The number of ether oxygens (including phenoxy) is 3. The zero-order valence-corrected chi connectivity index (χ0v) is 14.5. The van der Waals surface area contributed by atoms with Crippen LogP contribution in [0, 0.1) is 0 Å². The van der Waals surface area contributed by atoms with Crippen molar-refractivity contribution >= 4 is 14.2 Å². The van der Waals surface area contributed by atoms with Crippen molar-refractivity contribution < 1.29 is 27.8 Å². The van der Waals surface area contributed by atoms with Gasteiger partial charge in [-0.3, -0.25) is 0 Å². The highest BCUT2D eigenvalue weighted by atomic mass is 28.3. The minimum atomic E-state index is -2.58. The van der Waals surface area contributed by atoms with E-state index in [1.807, 2.05) is 20.8 Å². The van der Waals surface area contributed by atoms with Crippen molar-refractivity contribution in [1.29, 1.82) is 0 Å². The first-order valence-corrected chi connectivity index (χ1v) is 9.99. The Morgan fingerprint density at radius 2 is 1.95 bits per heavy atom. The number of halogens is 2. The van der Waals surface area contributed by atoms with Crippen LogP contribution in [-0.2, 0) is 14.2 Å². The van der Waals surface area contributed by atoms with Crippen LogP contribution in [0.3, 0.4) is 0 Å². The molecule has 0 aromatic heterocycles. The third-order valence-corrected chi connectivity index (χ3v) is 9.46. The van der Waals surface area contributed by atoms with E-state index in [0.717, 1.165) is 0 Å². The smallest absolute Gasteiger partial charge is 0.427 e. The summed E-state index contributed by atoms with van der Waals surface area (Å²) in [5.41, 5.74) is -0.716. The maximum Gasteiger partial charge on any atom is 0.511 e. The Balaban J connectivity index is 2.83. The first-order chi connectivity index (χ1) is 9.45. The van der Waals surface area contributed by atoms with E-state index in [1.165, 1.54) is 0 Å². The van der Waals surface area contributed by atoms with Crippen molar-refractivity contribution in [3.63, 3.8) is 0 Å². The van der Waals surface area contributed by atoms with Crippen LogP contribution in [0.2, 0.25) is 18.1 Å². The zero-order chi connectivity index (χ0) is 16.5. The summed E-state index contributed by atoms with van der Waals surface area (Å²) in [6.07, 6.45) is -0.556. The Morgan fingerprint density at radius 3 is 2.33 bits per heavy atom. The predicted octanol–water partition coefficient (Wildman–Crippen LogP) is 4.47. The van der Waals surface area contributed by atoms with E-state index >= 15 is 0 Å². The van der Waals surface area contributed by atoms with Gasteiger partial charge >= 0.3 is 6.16 Å². The maximum absolute atomic E-state index is 14.4. The van der Waals surface area contributed by atoms with Gasteiger partial charge in [0.05, 0.1) is 0 Å². The Bertz CT molecular complexity index is 443. The molecule has 0 amide bonds. The van der Waals surface area contributed by atoms with Crippen LogP contribution in [0.15, 0.2) is 11.3 Å². The molecule has 0 saturated carbocycles. The predicted molar refractivity (Wildman–Crippen MR) is 77.8 cm³/mol. The van der Waals surface area contributed by atoms with Gasteiger partial charge in [0.15, 0.2) is 12.4 Å². The van der Waals surface area contributed by atoms with Gasteiger partial charge < -0.3 is 14.2 Å². The lowest BCUT2D eigenvalue weighted by molar-refractivity contribution is -0.177. The van der Waals surface area contributed by atoms with Crippen LogP contribution in [0.4, 0.5) is 13.6 Å². The van der Waals surface area contributed by atoms with Gasteiger partial charge in [0.1, 0.15) is 20.1 Å². The Labute approximate surface area is 125 Å². The van der Waals surface area contributed by atoms with E-state index in [-0.39, 0.29) is 11.6 Å². The summed E-state index contributed by atoms with van der Waals surface area (Å²) in [6, 6.07) is 0. The molecule has 1 aliphatic rings. The molecule has 1 saturated heterocycles. The molecule has 1 aliphatic heterocycles. The van der Waals surface area contributed by atoms with Gasteiger partial charge in [-0.2, -0.15) is 0 Å². The summed E-state index contributed by atoms with van der Waals surface area (Å²) < 4.78 is 43.4. The van der Waals surface area contributed by atoms with E-state index in [2.05, 4.69) is 4.74 Å². The monoisotopic (exact) mass is 322 g/mol. The molecule has 122 valence electrons. The number of cyclic esters (lactones) is 2. The van der Waals surface area contributed by atoms with Crippen molar-refractivity contribution in [3.8, 4) is 0 Å². The third kappa shape index (κ3) is 3.82. The standard InChI is InChI=1S/C14H24F2O4Si/c1-7-14(9-18-12(17)20-14)19-8-10(15)11(16)21(5,6)13(2,3)4/h7-9H2,1-6H3. The first kappa shape index (κ1) is 18.1. The molecule has 1 heterocycles. The summed E-state index contributed by atoms with van der Waals surface area (Å²) in [7, 11) is -2.58. The van der Waals surface area contributed by atoms with Gasteiger partial charge in [0.2, 0.25) is 0 Å². The minimum Gasteiger partial charge on any atom is -0.427 e. The minimum absolute atomic E-state index is 0.114. The fourth-order valence-corrected chi connectivity index (χ4v) is 3.06. The maximum atomic E-state index is 14.4. The fourth-order valence-electron chi connectivity index (χ4n) is 1.65. The number of rotatable bonds is 5. The molecule has 21 heavy (non-hydrogen) atoms. The quantitative estimate of drug-likeness (QED) is 0.553. The molecular formula is C14H24F2O4Si. The molecule has 0 aromatic rings. The Morgan fingerprint density at radius 1 is 1.38 bits per heavy atom. The molecule has 1 unspecified atom stereocenters. The molecule has 0 bridgehead atoms. The summed E-state index contributed by atoms with van der Waals surface area (Å²) in [5, 5.41) is -0.320. The van der Waals surface area contributed by atoms with Gasteiger partial charge in [0, 0.05) is 6.42 Å². The number of hydrogen-bond donors (Lipinski definition) is 0. The lowest BCUT2D eigenvalue weighted by atomic mass is 10.2. The Kier molecular flexibility index (Phi) is 5.21. The molecule has 1 rings (SSSR count). The van der Waals surface area contributed by atoms with Crippen molar-refractivity contribution in [1.82, 2.24) is 0 Å². The molecule has 0 aromatic carbocycles. The summed E-state index contributed by atoms with van der Waals surface area (Å²) in [6.45, 7) is 10.3. The van der Waals surface area contributed by atoms with E-state index in [9.17, 15) is 13.6 Å². The van der Waals surface area contributed by atoms with Gasteiger partial charge in [-0.05, 0) is 5.04 Å². The van der Waals surface area contributed by atoms with Gasteiger partial charge in [0.25, 0.3) is 5.79 Å². The summed E-state index contributed by atoms with van der Waals surface area (Å²) in [5.74, 6) is -2.25. The fraction of sp³-hybridized carbons (Fsp3) is 0.786. The summed E-state index contributed by atoms with van der Waals surface area (Å²) >= 11 is 0. The first-order valence-electron chi connectivity index (χ1n) is 6.99. The average molecular weight is 322 g/mol. The molecule has 4 nitrogen and oxygen atoms in total. The molecule has 1 atom stereocenters. The summed E-state index contributed by atoms with van der Waals surface area (Å²) in [4.78, 5) is 11.0. The highest BCUT2D eigenvalue weighted by Crippen LogP contribution is 2.42. The lowest BCUT2D eigenvalue weighted by Crippen LogP contribution is -2.40. The van der Waals surface area contributed by atoms with Crippen LogP contribution in [-0.4, -0.2) is 33.2 Å². The molecule has 7 heteroatoms. The SMILES string of the molecule is CCC1(OCC(F)=C(F)[Si](C)(C)C(C)(C)C)COC(=O)O1. The average Bonchev–Trinajstić information content (AvgIpc) is 2.76. The highest BCUT2D eigenvalue weighted by molar-refractivity contribution is 6.86. The normalized spacial score (nSPS) is 24.5. The molecule has 0 aliphatic carbocycles. The van der Waals surface area contributed by atoms with Crippen molar-refractivity contribution in [3.05, 3.63) is 11.3 Å². The third-order valence-electron chi connectivity index (χ3n) is 4.34. The van der Waals surface area contributed by atoms with Crippen molar-refractivity contribution in [2.24, 2.45) is 0 Å². The second-order valence-electron chi connectivity index (χ2n) is 6.79. The lowest BCUT2D eigenvalue weighted by Gasteiger charge is -2.35. The van der Waals surface area contributed by atoms with Crippen LogP contribution in [0.5, 0.6) is 0 Å². The van der Waals surface area contributed by atoms with Gasteiger partial charge in [-0.15, -0.1) is 0 Å². The van der Waals surface area contributed by atoms with Crippen LogP contribution >= 0.6 is 0 Å². The van der Waals surface area contributed by atoms with Gasteiger partial charge in [-0.1, -0.05) is 40.8 Å². The highest BCUT2D eigenvalue weighted by Gasteiger charge is 2.44. The van der Waals surface area contributed by atoms with Crippen molar-refractivity contribution in [2.75, 3.05) is 13.2 Å². The molecular weight excluding hydrogens is 298 g/mol. The van der Waals surface area contributed by atoms with E-state index in [1.54, 1.807) is 20.0 Å². The molecule has 1 fully saturated rings. The topological polar surface area (TPSA) is 44.8 Å². The van der Waals surface area contributed by atoms with E-state index in [4.69, 9.17) is 9.47 Å². The molecule has 0 N–H and O–H groups in total. The number of carbonyl (C=O) groups excluding carboxylic acids is 1. The number of hydrogen-bond acceptors (Lipinski definition) is 4. The van der Waals surface area contributed by atoms with Gasteiger partial charge in [-0.25, -0.2) is 13.6 Å².